The largest absolute Gasteiger partial charge is 0.481 e. The van der Waals surface area contributed by atoms with E-state index >= 15 is 0 Å². The SMILES string of the molecule is CCCCCCCC/C=C\CCCCCCCC(=O)NC(CC)C(CC(=O)O)NC(=O)C(O)C(C)(C)CO. The molecule has 0 aromatic carbocycles. The Labute approximate surface area is 231 Å². The quantitative estimate of drug-likeness (QED) is 0.0837. The molecular formula is C30H56N2O6. The van der Waals surface area contributed by atoms with E-state index in [1.165, 1.54) is 58.8 Å². The zero-order valence-electron chi connectivity index (χ0n) is 24.5. The molecule has 0 aliphatic heterocycles. The lowest BCUT2D eigenvalue weighted by atomic mass is 9.86. The van der Waals surface area contributed by atoms with Crippen LogP contribution in [0.25, 0.3) is 0 Å². The van der Waals surface area contributed by atoms with Crippen molar-refractivity contribution in [3.05, 3.63) is 12.2 Å². The van der Waals surface area contributed by atoms with E-state index in [4.69, 9.17) is 0 Å². The van der Waals surface area contributed by atoms with Crippen molar-refractivity contribution in [1.82, 2.24) is 10.6 Å². The summed E-state index contributed by atoms with van der Waals surface area (Å²) in [7, 11) is 0. The molecule has 0 aliphatic carbocycles. The maximum atomic E-state index is 12.5. The fourth-order valence-corrected chi connectivity index (χ4v) is 4.31. The Morgan fingerprint density at radius 1 is 0.789 bits per heavy atom. The van der Waals surface area contributed by atoms with Crippen LogP contribution in [0, 0.1) is 5.41 Å². The fourth-order valence-electron chi connectivity index (χ4n) is 4.31. The third kappa shape index (κ3) is 17.6. The minimum absolute atomic E-state index is 0.171. The van der Waals surface area contributed by atoms with E-state index in [1.807, 2.05) is 6.92 Å². The maximum Gasteiger partial charge on any atom is 0.305 e. The summed E-state index contributed by atoms with van der Waals surface area (Å²) in [5.74, 6) is -2.05. The molecule has 222 valence electrons. The van der Waals surface area contributed by atoms with Gasteiger partial charge in [-0.15, -0.1) is 0 Å². The molecule has 0 aromatic rings. The first-order valence-electron chi connectivity index (χ1n) is 14.8. The Bertz CT molecular complexity index is 680. The molecule has 0 saturated carbocycles. The van der Waals surface area contributed by atoms with E-state index in [-0.39, 0.29) is 12.3 Å². The number of nitrogens with one attached hydrogen (secondary N) is 2. The maximum absolute atomic E-state index is 12.5. The molecule has 8 heteroatoms. The number of carboxylic acid groups (broad SMARTS) is 1. The van der Waals surface area contributed by atoms with Crippen LogP contribution in [0.5, 0.6) is 0 Å². The van der Waals surface area contributed by atoms with Crippen LogP contribution in [-0.4, -0.2) is 57.9 Å². The Hall–Kier alpha value is -1.93. The zero-order chi connectivity index (χ0) is 28.8. The minimum atomic E-state index is -1.51. The fraction of sp³-hybridized carbons (Fsp3) is 0.833. The molecular weight excluding hydrogens is 484 g/mol. The first-order chi connectivity index (χ1) is 18.1. The minimum Gasteiger partial charge on any atom is -0.481 e. The lowest BCUT2D eigenvalue weighted by Crippen LogP contribution is -2.56. The highest BCUT2D eigenvalue weighted by atomic mass is 16.4. The van der Waals surface area contributed by atoms with E-state index in [1.54, 1.807) is 0 Å². The van der Waals surface area contributed by atoms with Crippen LogP contribution in [0.2, 0.25) is 0 Å². The van der Waals surface area contributed by atoms with Gasteiger partial charge in [0.25, 0.3) is 0 Å². The summed E-state index contributed by atoms with van der Waals surface area (Å²) in [5, 5.41) is 34.4. The summed E-state index contributed by atoms with van der Waals surface area (Å²) in [6, 6.07) is -1.44. The van der Waals surface area contributed by atoms with E-state index in [0.29, 0.717) is 12.8 Å². The van der Waals surface area contributed by atoms with Gasteiger partial charge < -0.3 is 26.0 Å². The van der Waals surface area contributed by atoms with E-state index in [0.717, 1.165) is 38.5 Å². The summed E-state index contributed by atoms with van der Waals surface area (Å²) < 4.78 is 0. The monoisotopic (exact) mass is 540 g/mol. The average molecular weight is 541 g/mol. The van der Waals surface area contributed by atoms with Gasteiger partial charge in [0.2, 0.25) is 11.8 Å². The second-order valence-corrected chi connectivity index (χ2v) is 11.2. The van der Waals surface area contributed by atoms with Gasteiger partial charge in [0.1, 0.15) is 6.10 Å². The number of allylic oxidation sites excluding steroid dienone is 2. The van der Waals surface area contributed by atoms with Gasteiger partial charge in [-0.3, -0.25) is 14.4 Å². The van der Waals surface area contributed by atoms with Crippen molar-refractivity contribution in [3.63, 3.8) is 0 Å². The number of carbonyl (C=O) groups is 3. The van der Waals surface area contributed by atoms with Gasteiger partial charge in [0.15, 0.2) is 0 Å². The Morgan fingerprint density at radius 2 is 1.32 bits per heavy atom. The van der Waals surface area contributed by atoms with Crippen LogP contribution in [0.3, 0.4) is 0 Å². The van der Waals surface area contributed by atoms with Gasteiger partial charge >= 0.3 is 5.97 Å². The van der Waals surface area contributed by atoms with Crippen LogP contribution in [0.1, 0.15) is 130 Å². The number of carboxylic acids is 1. The van der Waals surface area contributed by atoms with Crippen molar-refractivity contribution in [2.45, 2.75) is 149 Å². The van der Waals surface area contributed by atoms with Crippen LogP contribution in [-0.2, 0) is 14.4 Å². The highest BCUT2D eigenvalue weighted by Gasteiger charge is 2.35. The molecule has 0 bridgehead atoms. The number of rotatable bonds is 24. The first-order valence-corrected chi connectivity index (χ1v) is 14.8. The average Bonchev–Trinajstić information content (AvgIpc) is 2.88. The van der Waals surface area contributed by atoms with Crippen LogP contribution in [0.4, 0.5) is 0 Å². The van der Waals surface area contributed by atoms with Crippen molar-refractivity contribution in [2.75, 3.05) is 6.61 Å². The zero-order valence-corrected chi connectivity index (χ0v) is 24.5. The second-order valence-electron chi connectivity index (χ2n) is 11.2. The number of aliphatic carboxylic acids is 1. The number of carbonyl (C=O) groups excluding carboxylic acids is 2. The lowest BCUT2D eigenvalue weighted by Gasteiger charge is -2.31. The number of hydrogen-bond acceptors (Lipinski definition) is 5. The van der Waals surface area contributed by atoms with Gasteiger partial charge in [-0.25, -0.2) is 0 Å². The van der Waals surface area contributed by atoms with Gasteiger partial charge in [-0.2, -0.15) is 0 Å². The smallest absolute Gasteiger partial charge is 0.305 e. The molecule has 3 unspecified atom stereocenters. The second kappa shape index (κ2) is 21.9. The highest BCUT2D eigenvalue weighted by molar-refractivity contribution is 5.82. The van der Waals surface area contributed by atoms with Crippen LogP contribution in [0.15, 0.2) is 12.2 Å². The van der Waals surface area contributed by atoms with Crippen molar-refractivity contribution < 1.29 is 29.7 Å². The van der Waals surface area contributed by atoms with E-state index in [9.17, 15) is 29.7 Å². The molecule has 0 aromatic heterocycles. The standard InChI is InChI=1S/C30H56N2O6/c1-5-7-8-9-10-11-12-13-14-15-16-17-18-19-20-21-26(34)31-24(6-2)25(22-27(35)36)32-29(38)28(37)30(3,4)23-33/h13-14,24-25,28,33,37H,5-12,15-23H2,1-4H3,(H,31,34)(H,32,38)(H,35,36)/b14-13-. The van der Waals surface area contributed by atoms with Crippen LogP contribution >= 0.6 is 0 Å². The molecule has 8 nitrogen and oxygen atoms in total. The topological polar surface area (TPSA) is 136 Å². The Morgan fingerprint density at radius 3 is 1.82 bits per heavy atom. The summed E-state index contributed by atoms with van der Waals surface area (Å²) >= 11 is 0. The summed E-state index contributed by atoms with van der Waals surface area (Å²) in [6.07, 6.45) is 18.8. The molecule has 5 N–H and O–H groups in total. The number of aliphatic hydroxyl groups is 2. The van der Waals surface area contributed by atoms with Crippen molar-refractivity contribution in [1.29, 1.82) is 0 Å². The lowest BCUT2D eigenvalue weighted by molar-refractivity contribution is -0.141. The molecule has 38 heavy (non-hydrogen) atoms. The molecule has 3 atom stereocenters. The summed E-state index contributed by atoms with van der Waals surface area (Å²) in [5.41, 5.74) is -1.08. The number of aliphatic hydroxyl groups excluding tert-OH is 2. The third-order valence-corrected chi connectivity index (χ3v) is 7.06. The van der Waals surface area contributed by atoms with E-state index in [2.05, 4.69) is 29.7 Å². The Kier molecular flexibility index (Phi) is 20.8. The van der Waals surface area contributed by atoms with Crippen LogP contribution < -0.4 is 10.6 Å². The van der Waals surface area contributed by atoms with Gasteiger partial charge in [0.05, 0.1) is 19.1 Å². The van der Waals surface area contributed by atoms with Gasteiger partial charge in [-0.05, 0) is 38.5 Å². The molecule has 0 aliphatic rings. The van der Waals surface area contributed by atoms with Crippen molar-refractivity contribution >= 4 is 17.8 Å². The number of amides is 2. The molecule has 0 radical (unpaired) electrons. The predicted molar refractivity (Wildman–Crippen MR) is 153 cm³/mol. The number of hydrogen-bond donors (Lipinski definition) is 5. The molecule has 0 rings (SSSR count). The van der Waals surface area contributed by atoms with Crippen molar-refractivity contribution in [3.8, 4) is 0 Å². The summed E-state index contributed by atoms with van der Waals surface area (Å²) in [6.45, 7) is 6.72. The molecule has 0 heterocycles. The third-order valence-electron chi connectivity index (χ3n) is 7.06. The molecule has 2 amide bonds. The van der Waals surface area contributed by atoms with Gasteiger partial charge in [0, 0.05) is 17.9 Å². The highest BCUT2D eigenvalue weighted by Crippen LogP contribution is 2.20. The van der Waals surface area contributed by atoms with Gasteiger partial charge in [-0.1, -0.05) is 91.2 Å². The summed E-state index contributed by atoms with van der Waals surface area (Å²) in [4.78, 5) is 36.4. The predicted octanol–water partition coefficient (Wildman–Crippen LogP) is 5.26. The number of unbranched alkanes of at least 4 members (excludes halogenated alkanes) is 11. The Balaban J connectivity index is 4.27. The van der Waals surface area contributed by atoms with Crippen molar-refractivity contribution in [2.24, 2.45) is 5.41 Å². The molecule has 0 fully saturated rings. The normalized spacial score (nSPS) is 14.3. The molecule has 0 saturated heterocycles. The molecule has 0 spiro atoms. The first kappa shape index (κ1) is 36.1. The van der Waals surface area contributed by atoms with E-state index < -0.39 is 42.1 Å².